The van der Waals surface area contributed by atoms with Gasteiger partial charge in [0.25, 0.3) is 0 Å². The first-order chi connectivity index (χ1) is 8.38. The number of rotatable bonds is 4. The third kappa shape index (κ3) is 1.40. The van der Waals surface area contributed by atoms with Crippen LogP contribution in [0.3, 0.4) is 0 Å². The smallest absolute Gasteiger partial charge is 0.411 e. The van der Waals surface area contributed by atoms with Gasteiger partial charge in [0.2, 0.25) is 0 Å². The molecule has 1 aliphatic carbocycles. The van der Waals surface area contributed by atoms with E-state index in [0.717, 1.165) is 4.90 Å². The van der Waals surface area contributed by atoms with Crippen molar-refractivity contribution in [2.45, 2.75) is 18.4 Å². The lowest BCUT2D eigenvalue weighted by atomic mass is 9.62. The van der Waals surface area contributed by atoms with E-state index in [1.54, 1.807) is 0 Å². The van der Waals surface area contributed by atoms with Gasteiger partial charge in [0.05, 0.1) is 5.41 Å². The Morgan fingerprint density at radius 2 is 1.89 bits per heavy atom. The molecule has 3 rings (SSSR count). The zero-order chi connectivity index (χ0) is 13.6. The van der Waals surface area contributed by atoms with Gasteiger partial charge in [-0.25, -0.2) is 9.59 Å². The summed E-state index contributed by atoms with van der Waals surface area (Å²) in [6.07, 6.45) is 0.429. The molecule has 7 heteroatoms. The van der Waals surface area contributed by atoms with Crippen LogP contribution in [0.4, 0.5) is 4.79 Å². The van der Waals surface area contributed by atoms with Crippen molar-refractivity contribution in [1.82, 2.24) is 4.90 Å². The summed E-state index contributed by atoms with van der Waals surface area (Å²) < 4.78 is 4.78. The van der Waals surface area contributed by atoms with Crippen molar-refractivity contribution in [3.63, 3.8) is 0 Å². The normalized spacial score (nSPS) is 32.6. The van der Waals surface area contributed by atoms with E-state index in [1.165, 1.54) is 6.08 Å². The first-order valence-corrected chi connectivity index (χ1v) is 5.40. The minimum atomic E-state index is -1.42. The lowest BCUT2D eigenvalue weighted by Crippen LogP contribution is -2.58. The average molecular weight is 255 g/mol. The zero-order valence-electron chi connectivity index (χ0n) is 9.59. The largest absolute Gasteiger partial charge is 0.481 e. The van der Waals surface area contributed by atoms with Crippen LogP contribution in [0.2, 0.25) is 0 Å². The van der Waals surface area contributed by atoms with Gasteiger partial charge in [-0.05, 0) is 12.8 Å². The second-order valence-electron chi connectivity index (χ2n) is 4.73. The molecule has 0 unspecified atom stereocenters. The minimum Gasteiger partial charge on any atom is -0.481 e. The van der Waals surface area contributed by atoms with Crippen LogP contribution < -0.4 is 0 Å². The minimum absolute atomic E-state index is 0.0366. The molecule has 3 aliphatic rings. The SMILES string of the molecule is C=CCOC(=O)N1CC2(C(=O)O)CC1(C(=O)O)C2. The molecule has 0 aromatic carbocycles. The van der Waals surface area contributed by atoms with Crippen LogP contribution in [0.25, 0.3) is 0 Å². The molecule has 2 saturated heterocycles. The summed E-state index contributed by atoms with van der Waals surface area (Å²) >= 11 is 0. The topological polar surface area (TPSA) is 104 Å². The van der Waals surface area contributed by atoms with Crippen molar-refractivity contribution in [2.75, 3.05) is 13.2 Å². The first-order valence-electron chi connectivity index (χ1n) is 5.40. The van der Waals surface area contributed by atoms with Crippen molar-refractivity contribution >= 4 is 18.0 Å². The van der Waals surface area contributed by atoms with Gasteiger partial charge in [0.1, 0.15) is 12.1 Å². The Balaban J connectivity index is 2.21. The van der Waals surface area contributed by atoms with Gasteiger partial charge in [-0.15, -0.1) is 0 Å². The van der Waals surface area contributed by atoms with Crippen LogP contribution in [0.5, 0.6) is 0 Å². The van der Waals surface area contributed by atoms with E-state index in [0.29, 0.717) is 0 Å². The molecule has 1 amide bonds. The lowest BCUT2D eigenvalue weighted by molar-refractivity contribution is -0.162. The summed E-state index contributed by atoms with van der Waals surface area (Å²) in [6, 6.07) is 0. The maximum Gasteiger partial charge on any atom is 0.411 e. The fourth-order valence-corrected chi connectivity index (χ4v) is 2.76. The van der Waals surface area contributed by atoms with Crippen molar-refractivity contribution in [3.05, 3.63) is 12.7 Å². The van der Waals surface area contributed by atoms with Gasteiger partial charge in [0.15, 0.2) is 0 Å². The summed E-state index contributed by atoms with van der Waals surface area (Å²) in [4.78, 5) is 35.1. The summed E-state index contributed by atoms with van der Waals surface area (Å²) in [6.45, 7) is 3.22. The highest BCUT2D eigenvalue weighted by Crippen LogP contribution is 2.59. The molecule has 2 N–H and O–H groups in total. The molecule has 1 saturated carbocycles. The molecule has 2 bridgehead atoms. The van der Waals surface area contributed by atoms with Gasteiger partial charge >= 0.3 is 18.0 Å². The highest BCUT2D eigenvalue weighted by molar-refractivity contribution is 5.93. The number of amides is 1. The molecule has 0 spiro atoms. The highest BCUT2D eigenvalue weighted by atomic mass is 16.6. The van der Waals surface area contributed by atoms with E-state index < -0.39 is 29.0 Å². The van der Waals surface area contributed by atoms with Gasteiger partial charge in [-0.1, -0.05) is 12.7 Å². The number of hydrogen-bond donors (Lipinski definition) is 2. The number of carboxylic acids is 2. The summed E-state index contributed by atoms with van der Waals surface area (Å²) in [5.41, 5.74) is -2.55. The lowest BCUT2D eigenvalue weighted by Gasteiger charge is -2.41. The predicted molar refractivity (Wildman–Crippen MR) is 57.9 cm³/mol. The number of nitrogens with zero attached hydrogens (tertiary/aromatic N) is 1. The molecule has 18 heavy (non-hydrogen) atoms. The number of hydrogen-bond acceptors (Lipinski definition) is 4. The van der Waals surface area contributed by atoms with Crippen LogP contribution in [0.15, 0.2) is 12.7 Å². The molecule has 7 nitrogen and oxygen atoms in total. The fourth-order valence-electron chi connectivity index (χ4n) is 2.76. The number of ether oxygens (including phenoxy) is 1. The van der Waals surface area contributed by atoms with E-state index in [9.17, 15) is 19.5 Å². The van der Waals surface area contributed by atoms with Crippen LogP contribution in [-0.4, -0.2) is 51.8 Å². The van der Waals surface area contributed by atoms with Crippen molar-refractivity contribution in [1.29, 1.82) is 0 Å². The molecule has 3 fully saturated rings. The average Bonchev–Trinajstić information content (AvgIpc) is 2.77. The Kier molecular flexibility index (Phi) is 2.57. The van der Waals surface area contributed by atoms with Crippen LogP contribution in [-0.2, 0) is 14.3 Å². The van der Waals surface area contributed by atoms with E-state index >= 15 is 0 Å². The Labute approximate surface area is 103 Å². The number of carbonyl (C=O) groups is 3. The van der Waals surface area contributed by atoms with Crippen molar-refractivity contribution in [2.24, 2.45) is 5.41 Å². The second-order valence-corrected chi connectivity index (χ2v) is 4.73. The Hall–Kier alpha value is -2.05. The Morgan fingerprint density at radius 1 is 1.28 bits per heavy atom. The number of aliphatic carboxylic acids is 2. The third-order valence-corrected chi connectivity index (χ3v) is 3.64. The monoisotopic (exact) mass is 255 g/mol. The van der Waals surface area contributed by atoms with E-state index in [4.69, 9.17) is 9.84 Å². The van der Waals surface area contributed by atoms with E-state index in [2.05, 4.69) is 6.58 Å². The molecule has 2 aliphatic heterocycles. The first kappa shape index (κ1) is 12.4. The van der Waals surface area contributed by atoms with Crippen LogP contribution in [0.1, 0.15) is 12.8 Å². The summed E-state index contributed by atoms with van der Waals surface area (Å²) in [7, 11) is 0. The summed E-state index contributed by atoms with van der Waals surface area (Å²) in [5.74, 6) is -2.26. The molecule has 0 atom stereocenters. The molecule has 0 radical (unpaired) electrons. The molecular weight excluding hydrogens is 242 g/mol. The predicted octanol–water partition coefficient (Wildman–Crippen LogP) is 0.313. The fraction of sp³-hybridized carbons (Fsp3) is 0.545. The van der Waals surface area contributed by atoms with Gasteiger partial charge in [-0.2, -0.15) is 0 Å². The van der Waals surface area contributed by atoms with Gasteiger partial charge < -0.3 is 14.9 Å². The van der Waals surface area contributed by atoms with Crippen LogP contribution in [0, 0.1) is 5.41 Å². The zero-order valence-corrected chi connectivity index (χ0v) is 9.59. The second kappa shape index (κ2) is 3.72. The Bertz CT molecular complexity index is 437. The van der Waals surface area contributed by atoms with Gasteiger partial charge in [0, 0.05) is 6.54 Å². The molecular formula is C11H13NO6. The van der Waals surface area contributed by atoms with Gasteiger partial charge in [-0.3, -0.25) is 9.69 Å². The third-order valence-electron chi connectivity index (χ3n) is 3.64. The van der Waals surface area contributed by atoms with E-state index in [1.807, 2.05) is 0 Å². The summed E-state index contributed by atoms with van der Waals surface area (Å²) in [5, 5.41) is 18.3. The molecule has 2 heterocycles. The maximum atomic E-state index is 11.7. The number of fused-ring (bicyclic) bond motifs is 1. The molecule has 0 aromatic heterocycles. The quantitative estimate of drug-likeness (QED) is 0.701. The number of carboxylic acid groups (broad SMARTS) is 2. The van der Waals surface area contributed by atoms with Crippen molar-refractivity contribution in [3.8, 4) is 0 Å². The molecule has 98 valence electrons. The van der Waals surface area contributed by atoms with Crippen LogP contribution >= 0.6 is 0 Å². The Morgan fingerprint density at radius 3 is 2.33 bits per heavy atom. The highest BCUT2D eigenvalue weighted by Gasteiger charge is 2.74. The maximum absolute atomic E-state index is 11.7. The van der Waals surface area contributed by atoms with E-state index in [-0.39, 0.29) is 26.0 Å². The standard InChI is InChI=1S/C11H13NO6/c1-2-3-18-9(17)12-6-10(7(13)14)4-11(12,5-10)8(15)16/h2H,1,3-6H2,(H,13,14)(H,15,16). The molecule has 0 aromatic rings. The number of carbonyl (C=O) groups excluding carboxylic acids is 1. The van der Waals surface area contributed by atoms with Crippen molar-refractivity contribution < 1.29 is 29.3 Å².